The number of likely N-dealkylation sites (tertiary alicyclic amines) is 1. The summed E-state index contributed by atoms with van der Waals surface area (Å²) in [7, 11) is 0. The molecule has 3 N–H and O–H groups in total. The molecule has 26 heavy (non-hydrogen) atoms. The normalized spacial score (nSPS) is 15.3. The van der Waals surface area contributed by atoms with Crippen LogP contribution in [0.1, 0.15) is 40.1 Å². The molecule has 2 aromatic heterocycles. The molecule has 0 bridgehead atoms. The first kappa shape index (κ1) is 16.9. The minimum absolute atomic E-state index is 0.119. The van der Waals surface area contributed by atoms with E-state index in [0.29, 0.717) is 18.3 Å². The third-order valence-electron chi connectivity index (χ3n) is 4.81. The van der Waals surface area contributed by atoms with Crippen LogP contribution in [-0.2, 0) is 6.54 Å². The molecule has 0 unspecified atom stereocenters. The Morgan fingerprint density at radius 2 is 2.00 bits per heavy atom. The molecule has 0 aliphatic carbocycles. The summed E-state index contributed by atoms with van der Waals surface area (Å²) in [5, 5.41) is 9.18. The minimum Gasteiger partial charge on any atom is -0.338 e. The van der Waals surface area contributed by atoms with Crippen LogP contribution >= 0.6 is 11.3 Å². The van der Waals surface area contributed by atoms with Crippen LogP contribution < -0.4 is 5.73 Å². The van der Waals surface area contributed by atoms with Crippen molar-refractivity contribution >= 4 is 17.2 Å². The maximum atomic E-state index is 12.8. The van der Waals surface area contributed by atoms with Crippen LogP contribution in [0.5, 0.6) is 0 Å². The predicted octanol–water partition coefficient (Wildman–Crippen LogP) is 3.01. The van der Waals surface area contributed by atoms with Crippen molar-refractivity contribution < 1.29 is 4.79 Å². The Bertz CT molecular complexity index is 880. The van der Waals surface area contributed by atoms with E-state index in [1.807, 2.05) is 29.2 Å². The maximum Gasteiger partial charge on any atom is 0.263 e. The maximum absolute atomic E-state index is 12.8. The lowest BCUT2D eigenvalue weighted by Gasteiger charge is -2.30. The van der Waals surface area contributed by atoms with Gasteiger partial charge in [-0.25, -0.2) is 4.98 Å². The molecule has 3 heterocycles. The second-order valence-electron chi connectivity index (χ2n) is 6.48. The van der Waals surface area contributed by atoms with Gasteiger partial charge in [0, 0.05) is 19.0 Å². The molecular weight excluding hydrogens is 346 g/mol. The fourth-order valence-corrected chi connectivity index (χ4v) is 4.19. The molecule has 1 aliphatic rings. The second kappa shape index (κ2) is 7.39. The zero-order valence-corrected chi connectivity index (χ0v) is 15.2. The lowest BCUT2D eigenvalue weighted by atomic mass is 9.96. The summed E-state index contributed by atoms with van der Waals surface area (Å²) < 4.78 is 0. The van der Waals surface area contributed by atoms with E-state index in [4.69, 9.17) is 5.73 Å². The Hall–Kier alpha value is -2.51. The molecule has 7 heteroatoms. The summed E-state index contributed by atoms with van der Waals surface area (Å²) in [6.07, 6.45) is 1.76. The first-order valence-corrected chi connectivity index (χ1v) is 9.67. The number of hydrogen-bond acceptors (Lipinski definition) is 5. The number of nitrogens with two attached hydrogens (primary N) is 1. The number of piperidine rings is 1. The molecule has 0 spiro atoms. The Morgan fingerprint density at radius 3 is 2.69 bits per heavy atom. The summed E-state index contributed by atoms with van der Waals surface area (Å²) in [6.45, 7) is 1.83. The number of aromatic nitrogens is 3. The number of benzene rings is 1. The Kier molecular flexibility index (Phi) is 4.81. The van der Waals surface area contributed by atoms with E-state index >= 15 is 0 Å². The number of hydrogen-bond donors (Lipinski definition) is 2. The molecule has 6 nitrogen and oxygen atoms in total. The number of carbonyl (C=O) groups excluding carboxylic acids is 1. The van der Waals surface area contributed by atoms with Crippen molar-refractivity contribution in [1.82, 2.24) is 20.1 Å². The zero-order chi connectivity index (χ0) is 17.9. The van der Waals surface area contributed by atoms with Gasteiger partial charge >= 0.3 is 0 Å². The summed E-state index contributed by atoms with van der Waals surface area (Å²) in [5.74, 6) is 1.94. The van der Waals surface area contributed by atoms with Crippen LogP contribution in [0.2, 0.25) is 0 Å². The Labute approximate surface area is 156 Å². The number of rotatable bonds is 4. The van der Waals surface area contributed by atoms with Crippen molar-refractivity contribution in [2.24, 2.45) is 5.73 Å². The van der Waals surface area contributed by atoms with Gasteiger partial charge in [0.05, 0.1) is 11.4 Å². The van der Waals surface area contributed by atoms with E-state index in [1.165, 1.54) is 11.3 Å². The van der Waals surface area contributed by atoms with Crippen molar-refractivity contribution in [2.75, 3.05) is 13.1 Å². The van der Waals surface area contributed by atoms with Gasteiger partial charge in [0.25, 0.3) is 5.91 Å². The number of carbonyl (C=O) groups is 1. The molecular formula is C19H21N5OS. The SMILES string of the molecule is NCc1nc(C2CCN(C(=O)c3cc(-c4ccccc4)cs3)CC2)n[nH]1. The standard InChI is InChI=1S/C19H21N5OS/c20-11-17-21-18(23-22-17)14-6-8-24(9-7-14)19(25)16-10-15(12-26-16)13-4-2-1-3-5-13/h1-5,10,12,14H,6-9,11,20H2,(H,21,22,23). The van der Waals surface area contributed by atoms with E-state index in [9.17, 15) is 4.79 Å². The summed E-state index contributed by atoms with van der Waals surface area (Å²) in [4.78, 5) is 20.0. The fourth-order valence-electron chi connectivity index (χ4n) is 3.31. The summed E-state index contributed by atoms with van der Waals surface area (Å²) in [6, 6.07) is 12.1. The predicted molar refractivity (Wildman–Crippen MR) is 102 cm³/mol. The number of nitrogens with one attached hydrogen (secondary N) is 1. The minimum atomic E-state index is 0.119. The molecule has 3 aromatic rings. The summed E-state index contributed by atoms with van der Waals surface area (Å²) >= 11 is 1.51. The number of amides is 1. The molecule has 0 radical (unpaired) electrons. The van der Waals surface area contributed by atoms with Gasteiger partial charge in [0.15, 0.2) is 5.82 Å². The van der Waals surface area contributed by atoms with Crippen LogP contribution in [-0.4, -0.2) is 39.1 Å². The molecule has 0 atom stereocenters. The topological polar surface area (TPSA) is 87.9 Å². The molecule has 134 valence electrons. The summed E-state index contributed by atoms with van der Waals surface area (Å²) in [5.41, 5.74) is 7.82. The average Bonchev–Trinajstić information content (AvgIpc) is 3.38. The van der Waals surface area contributed by atoms with Crippen LogP contribution in [0, 0.1) is 0 Å². The van der Waals surface area contributed by atoms with Gasteiger partial charge < -0.3 is 10.6 Å². The molecule has 4 rings (SSSR count). The van der Waals surface area contributed by atoms with Crippen molar-refractivity contribution in [2.45, 2.75) is 25.3 Å². The van der Waals surface area contributed by atoms with Crippen LogP contribution in [0.4, 0.5) is 0 Å². The molecule has 0 saturated carbocycles. The highest BCUT2D eigenvalue weighted by Gasteiger charge is 2.27. The zero-order valence-electron chi connectivity index (χ0n) is 14.4. The number of nitrogens with zero attached hydrogens (tertiary/aromatic N) is 3. The van der Waals surface area contributed by atoms with Crippen LogP contribution in [0.15, 0.2) is 41.8 Å². The van der Waals surface area contributed by atoms with E-state index in [0.717, 1.165) is 47.8 Å². The van der Waals surface area contributed by atoms with E-state index in [1.54, 1.807) is 0 Å². The van der Waals surface area contributed by atoms with Crippen LogP contribution in [0.3, 0.4) is 0 Å². The van der Waals surface area contributed by atoms with Gasteiger partial charge in [-0.15, -0.1) is 11.3 Å². The lowest BCUT2D eigenvalue weighted by Crippen LogP contribution is -2.37. The van der Waals surface area contributed by atoms with E-state index < -0.39 is 0 Å². The highest BCUT2D eigenvalue weighted by atomic mass is 32.1. The average molecular weight is 367 g/mol. The van der Waals surface area contributed by atoms with Crippen molar-refractivity contribution in [3.05, 3.63) is 58.3 Å². The number of aromatic amines is 1. The molecule has 1 amide bonds. The van der Waals surface area contributed by atoms with Gasteiger partial charge in [0.2, 0.25) is 0 Å². The number of thiophene rings is 1. The Morgan fingerprint density at radius 1 is 1.23 bits per heavy atom. The van der Waals surface area contributed by atoms with Crippen LogP contribution in [0.25, 0.3) is 11.1 Å². The van der Waals surface area contributed by atoms with Gasteiger partial charge in [-0.05, 0) is 35.4 Å². The first-order valence-electron chi connectivity index (χ1n) is 8.79. The molecule has 1 saturated heterocycles. The highest BCUT2D eigenvalue weighted by Crippen LogP contribution is 2.29. The number of H-pyrrole nitrogens is 1. The van der Waals surface area contributed by atoms with Gasteiger partial charge in [0.1, 0.15) is 5.82 Å². The molecule has 1 fully saturated rings. The van der Waals surface area contributed by atoms with Crippen molar-refractivity contribution in [1.29, 1.82) is 0 Å². The first-order chi connectivity index (χ1) is 12.7. The smallest absolute Gasteiger partial charge is 0.263 e. The molecule has 1 aromatic carbocycles. The van der Waals surface area contributed by atoms with Gasteiger partial charge in [-0.1, -0.05) is 30.3 Å². The molecule has 1 aliphatic heterocycles. The van der Waals surface area contributed by atoms with Gasteiger partial charge in [-0.2, -0.15) is 5.10 Å². The van der Waals surface area contributed by atoms with Gasteiger partial charge in [-0.3, -0.25) is 9.89 Å². The van der Waals surface area contributed by atoms with E-state index in [2.05, 4.69) is 32.7 Å². The second-order valence-corrected chi connectivity index (χ2v) is 7.39. The third-order valence-corrected chi connectivity index (χ3v) is 5.73. The highest BCUT2D eigenvalue weighted by molar-refractivity contribution is 7.12. The van der Waals surface area contributed by atoms with Crippen molar-refractivity contribution in [3.63, 3.8) is 0 Å². The lowest BCUT2D eigenvalue weighted by molar-refractivity contribution is 0.0716. The van der Waals surface area contributed by atoms with Crippen molar-refractivity contribution in [3.8, 4) is 11.1 Å². The monoisotopic (exact) mass is 367 g/mol. The van der Waals surface area contributed by atoms with E-state index in [-0.39, 0.29) is 5.91 Å². The third kappa shape index (κ3) is 3.40. The Balaban J connectivity index is 1.40. The largest absolute Gasteiger partial charge is 0.338 e. The quantitative estimate of drug-likeness (QED) is 0.742. The fraction of sp³-hybridized carbons (Fsp3) is 0.316.